The Morgan fingerprint density at radius 2 is 1.50 bits per heavy atom. The van der Waals surface area contributed by atoms with Crippen molar-refractivity contribution in [2.45, 2.75) is 43.9 Å². The maximum atomic E-state index is 6.26. The molecule has 0 saturated heterocycles. The maximum absolute atomic E-state index is 6.26. The molecule has 1 heterocycles. The lowest BCUT2D eigenvalue weighted by Crippen LogP contribution is -2.31. The third-order valence-corrected chi connectivity index (χ3v) is 13.3. The predicted octanol–water partition coefficient (Wildman–Crippen LogP) is 14.1. The third kappa shape index (κ3) is 6.02. The molecule has 7 aromatic carbocycles. The molecule has 58 heavy (non-hydrogen) atoms. The number of rotatable bonds is 7. The molecule has 0 amide bonds. The zero-order valence-corrected chi connectivity index (χ0v) is 33.1. The summed E-state index contributed by atoms with van der Waals surface area (Å²) in [5.41, 5.74) is 17.4. The summed E-state index contributed by atoms with van der Waals surface area (Å²) in [4.78, 5) is 2.56. The van der Waals surface area contributed by atoms with Crippen LogP contribution in [0.2, 0.25) is 0 Å². The predicted molar refractivity (Wildman–Crippen MR) is 241 cm³/mol. The lowest BCUT2D eigenvalue weighted by Gasteiger charge is -2.34. The first-order valence-corrected chi connectivity index (χ1v) is 21.1. The molecule has 3 aliphatic carbocycles. The maximum Gasteiger partial charge on any atom is 0.123 e. The minimum absolute atomic E-state index is 0.0734. The van der Waals surface area contributed by atoms with Gasteiger partial charge in [-0.15, -0.1) is 0 Å². The van der Waals surface area contributed by atoms with Crippen LogP contribution in [0.1, 0.15) is 59.4 Å². The normalized spacial score (nSPS) is 20.2. The lowest BCUT2D eigenvalue weighted by molar-refractivity contribution is 0.248. The van der Waals surface area contributed by atoms with Gasteiger partial charge in [0.1, 0.15) is 5.75 Å². The summed E-state index contributed by atoms with van der Waals surface area (Å²) in [5.74, 6) is 1.69. The highest BCUT2D eigenvalue weighted by Crippen LogP contribution is 2.51. The molecule has 1 aliphatic heterocycles. The zero-order chi connectivity index (χ0) is 38.6. The lowest BCUT2D eigenvalue weighted by atomic mass is 9.69. The van der Waals surface area contributed by atoms with Crippen LogP contribution in [-0.2, 0) is 5.41 Å². The van der Waals surface area contributed by atoms with Crippen molar-refractivity contribution in [2.24, 2.45) is 5.92 Å². The van der Waals surface area contributed by atoms with Crippen LogP contribution < -0.4 is 9.64 Å². The highest BCUT2D eigenvalue weighted by molar-refractivity contribution is 5.96. The second-order valence-electron chi connectivity index (χ2n) is 16.9. The Bertz CT molecular complexity index is 2800. The van der Waals surface area contributed by atoms with Gasteiger partial charge in [-0.25, -0.2) is 0 Å². The fourth-order valence-electron chi connectivity index (χ4n) is 10.5. The van der Waals surface area contributed by atoms with E-state index in [0.29, 0.717) is 5.92 Å². The number of aryl methyl sites for hydroxylation is 1. The van der Waals surface area contributed by atoms with Crippen molar-refractivity contribution in [3.63, 3.8) is 0 Å². The van der Waals surface area contributed by atoms with Crippen molar-refractivity contribution in [1.82, 2.24) is 0 Å². The average molecular weight is 750 g/mol. The van der Waals surface area contributed by atoms with Gasteiger partial charge in [0, 0.05) is 40.2 Å². The van der Waals surface area contributed by atoms with Crippen LogP contribution in [0.3, 0.4) is 0 Å². The molecule has 3 unspecified atom stereocenters. The monoisotopic (exact) mass is 749 g/mol. The SMILES string of the molecule is Cc1cccc(C2c3ccccc3-c3cc(-c4ccc(N(CC5C=C(C6=CCCC7(COc8ccccc87)C6)C=CC5)c5cccc6ccccc56)cc4)ccc32)c1. The van der Waals surface area contributed by atoms with E-state index in [1.807, 2.05) is 0 Å². The molecule has 2 heteroatoms. The fourth-order valence-corrected chi connectivity index (χ4v) is 10.5. The smallest absolute Gasteiger partial charge is 0.123 e. The molecule has 11 rings (SSSR count). The van der Waals surface area contributed by atoms with Crippen molar-refractivity contribution in [3.05, 3.63) is 221 Å². The van der Waals surface area contributed by atoms with Gasteiger partial charge in [0.2, 0.25) is 0 Å². The molecular formula is C56H47NO. The van der Waals surface area contributed by atoms with Gasteiger partial charge in [0.25, 0.3) is 0 Å². The van der Waals surface area contributed by atoms with Crippen LogP contribution in [0.4, 0.5) is 11.4 Å². The summed E-state index contributed by atoms with van der Waals surface area (Å²) in [6.45, 7) is 3.86. The number of nitrogens with zero attached hydrogens (tertiary/aromatic N) is 1. The van der Waals surface area contributed by atoms with Gasteiger partial charge < -0.3 is 9.64 Å². The Morgan fingerprint density at radius 1 is 0.707 bits per heavy atom. The molecule has 0 bridgehead atoms. The van der Waals surface area contributed by atoms with Crippen LogP contribution in [0.15, 0.2) is 193 Å². The van der Waals surface area contributed by atoms with E-state index in [-0.39, 0.29) is 11.3 Å². The number of hydrogen-bond donors (Lipinski definition) is 0. The summed E-state index contributed by atoms with van der Waals surface area (Å²) >= 11 is 0. The van der Waals surface area contributed by atoms with Crippen LogP contribution in [0.5, 0.6) is 5.75 Å². The Hall–Kier alpha value is -6.38. The van der Waals surface area contributed by atoms with E-state index in [1.54, 1.807) is 0 Å². The van der Waals surface area contributed by atoms with Gasteiger partial charge in [-0.3, -0.25) is 0 Å². The number of fused-ring (bicyclic) bond motifs is 6. The molecular weight excluding hydrogens is 703 g/mol. The minimum atomic E-state index is 0.0734. The molecule has 282 valence electrons. The minimum Gasteiger partial charge on any atom is -0.492 e. The van der Waals surface area contributed by atoms with Gasteiger partial charge in [-0.1, -0.05) is 157 Å². The van der Waals surface area contributed by atoms with Gasteiger partial charge in [0.05, 0.1) is 6.61 Å². The van der Waals surface area contributed by atoms with Gasteiger partial charge in [0.15, 0.2) is 0 Å². The van der Waals surface area contributed by atoms with Gasteiger partial charge >= 0.3 is 0 Å². The van der Waals surface area contributed by atoms with E-state index in [9.17, 15) is 0 Å². The second-order valence-corrected chi connectivity index (χ2v) is 16.9. The summed E-state index contributed by atoms with van der Waals surface area (Å²) in [5, 5.41) is 2.54. The van der Waals surface area contributed by atoms with Gasteiger partial charge in [-0.05, 0) is 124 Å². The largest absolute Gasteiger partial charge is 0.492 e. The number of para-hydroxylation sites is 1. The Labute approximate surface area is 342 Å². The van der Waals surface area contributed by atoms with Crippen LogP contribution in [-0.4, -0.2) is 13.2 Å². The molecule has 0 radical (unpaired) electrons. The quantitative estimate of drug-likeness (QED) is 0.161. The van der Waals surface area contributed by atoms with Crippen molar-refractivity contribution >= 4 is 22.1 Å². The van der Waals surface area contributed by atoms with Crippen LogP contribution in [0.25, 0.3) is 33.0 Å². The van der Waals surface area contributed by atoms with E-state index in [2.05, 4.69) is 194 Å². The first-order valence-electron chi connectivity index (χ1n) is 21.1. The number of anilines is 2. The summed E-state index contributed by atoms with van der Waals surface area (Å²) in [7, 11) is 0. The van der Waals surface area contributed by atoms with E-state index in [4.69, 9.17) is 4.74 Å². The molecule has 7 aromatic rings. The van der Waals surface area contributed by atoms with Crippen molar-refractivity contribution in [1.29, 1.82) is 0 Å². The summed E-state index contributed by atoms with van der Waals surface area (Å²) in [6, 6.07) is 58.7. The topological polar surface area (TPSA) is 12.5 Å². The number of allylic oxidation sites excluding steroid dienone is 5. The zero-order valence-electron chi connectivity index (χ0n) is 33.1. The van der Waals surface area contributed by atoms with E-state index >= 15 is 0 Å². The molecule has 0 N–H and O–H groups in total. The highest BCUT2D eigenvalue weighted by atomic mass is 16.5. The van der Waals surface area contributed by atoms with Crippen molar-refractivity contribution in [2.75, 3.05) is 18.1 Å². The Morgan fingerprint density at radius 3 is 2.43 bits per heavy atom. The number of benzene rings is 7. The number of hydrogen-bond acceptors (Lipinski definition) is 2. The Balaban J connectivity index is 0.918. The summed E-state index contributed by atoms with van der Waals surface area (Å²) in [6.07, 6.45) is 14.1. The van der Waals surface area contributed by atoms with Crippen LogP contribution in [0, 0.1) is 12.8 Å². The molecule has 2 nitrogen and oxygen atoms in total. The van der Waals surface area contributed by atoms with E-state index < -0.39 is 0 Å². The van der Waals surface area contributed by atoms with Gasteiger partial charge in [-0.2, -0.15) is 0 Å². The van der Waals surface area contributed by atoms with E-state index in [0.717, 1.165) is 44.6 Å². The fraction of sp³-hybridized carbons (Fsp3) is 0.179. The van der Waals surface area contributed by atoms with Crippen molar-refractivity contribution < 1.29 is 4.74 Å². The molecule has 0 fully saturated rings. The number of ether oxygens (including phenoxy) is 1. The first-order chi connectivity index (χ1) is 28.6. The molecule has 3 atom stereocenters. The summed E-state index contributed by atoms with van der Waals surface area (Å²) < 4.78 is 6.26. The third-order valence-electron chi connectivity index (χ3n) is 13.3. The molecule has 1 spiro atoms. The van der Waals surface area contributed by atoms with Crippen LogP contribution >= 0.6 is 0 Å². The molecule has 0 aromatic heterocycles. The van der Waals surface area contributed by atoms with E-state index in [1.165, 1.54) is 83.4 Å². The molecule has 0 saturated carbocycles. The molecule has 4 aliphatic rings. The second kappa shape index (κ2) is 14.2. The van der Waals surface area contributed by atoms with Crippen molar-refractivity contribution in [3.8, 4) is 28.0 Å². The Kier molecular flexibility index (Phi) is 8.54. The highest BCUT2D eigenvalue weighted by Gasteiger charge is 2.42. The first kappa shape index (κ1) is 34.8. The standard InChI is InChI=1S/C56H47NO/c1-38-12-8-17-44(32-38)55-49-21-5-4-20-48(49)51-34-43(27-30-50(51)55)40-25-28-46(29-26-40)57(53-23-10-15-41-14-2-3-19-47(41)53)36-39-13-9-16-42(33-39)45-18-11-31-56(35-45)37-58-54-24-7-6-22-52(54)56/h2-10,12,14-30,32-34,39,55H,11,13,31,35-37H2,1H3. The average Bonchev–Trinajstić information content (AvgIpc) is 3.80.